The van der Waals surface area contributed by atoms with E-state index in [0.29, 0.717) is 16.0 Å². The number of halogens is 1. The van der Waals surface area contributed by atoms with E-state index in [2.05, 4.69) is 4.98 Å². The largest absolute Gasteiger partial charge is 0.461 e. The molecule has 0 radical (unpaired) electrons. The summed E-state index contributed by atoms with van der Waals surface area (Å²) in [7, 11) is 0. The minimum atomic E-state index is -0.627. The maximum Gasteiger partial charge on any atom is 0.356 e. The number of aromatic nitrogens is 1. The van der Waals surface area contributed by atoms with Crippen LogP contribution in [0.3, 0.4) is 0 Å². The van der Waals surface area contributed by atoms with Gasteiger partial charge in [-0.15, -0.1) is 0 Å². The van der Waals surface area contributed by atoms with Gasteiger partial charge in [-0.2, -0.15) is 0 Å². The summed E-state index contributed by atoms with van der Waals surface area (Å²) in [6, 6.07) is 13.2. The van der Waals surface area contributed by atoms with Crippen molar-refractivity contribution < 1.29 is 14.5 Å². The third-order valence-corrected chi connectivity index (χ3v) is 3.91. The number of para-hydroxylation sites is 1. The number of ether oxygens (including phenoxy) is 1. The van der Waals surface area contributed by atoms with Crippen LogP contribution >= 0.6 is 11.6 Å². The molecule has 0 saturated carbocycles. The molecule has 0 saturated heterocycles. The number of nitro benzene ring substituents is 1. The van der Waals surface area contributed by atoms with E-state index in [9.17, 15) is 14.9 Å². The van der Waals surface area contributed by atoms with E-state index in [1.165, 1.54) is 6.07 Å². The molecule has 6 nitrogen and oxygen atoms in total. The number of pyridine rings is 1. The predicted molar refractivity (Wildman–Crippen MR) is 94.8 cm³/mol. The Morgan fingerprint density at radius 1 is 1.24 bits per heavy atom. The van der Waals surface area contributed by atoms with Crippen molar-refractivity contribution in [2.75, 3.05) is 6.61 Å². The van der Waals surface area contributed by atoms with Gasteiger partial charge in [0.05, 0.1) is 11.5 Å². The molecule has 25 heavy (non-hydrogen) atoms. The van der Waals surface area contributed by atoms with Crippen LogP contribution in [0.5, 0.6) is 0 Å². The van der Waals surface area contributed by atoms with Gasteiger partial charge < -0.3 is 4.74 Å². The quantitative estimate of drug-likeness (QED) is 0.386. The lowest BCUT2D eigenvalue weighted by Crippen LogP contribution is -2.08. The summed E-state index contributed by atoms with van der Waals surface area (Å²) in [6.45, 7) is 1.87. The number of hydrogen-bond donors (Lipinski definition) is 0. The van der Waals surface area contributed by atoms with Crippen molar-refractivity contribution in [2.24, 2.45) is 0 Å². The normalized spacial score (nSPS) is 10.6. The third-order valence-electron chi connectivity index (χ3n) is 3.65. The molecule has 0 aliphatic rings. The van der Waals surface area contributed by atoms with Crippen molar-refractivity contribution >= 4 is 34.2 Å². The van der Waals surface area contributed by atoms with Gasteiger partial charge in [0.1, 0.15) is 11.2 Å². The highest BCUT2D eigenvalue weighted by Crippen LogP contribution is 2.33. The summed E-state index contributed by atoms with van der Waals surface area (Å²) in [5, 5.41) is 12.5. The Bertz CT molecular complexity index is 971. The van der Waals surface area contributed by atoms with Gasteiger partial charge in [0, 0.05) is 16.5 Å². The fraction of sp³-hybridized carbons (Fsp3) is 0.111. The molecule has 0 fully saturated rings. The monoisotopic (exact) mass is 356 g/mol. The SMILES string of the molecule is CCOC(=O)c1cc(-c2ccc(Cl)cc2)c2cccc([N+](=O)[O-])c2n1. The van der Waals surface area contributed by atoms with Crippen molar-refractivity contribution in [3.63, 3.8) is 0 Å². The maximum atomic E-state index is 12.1. The molecule has 0 atom stereocenters. The molecular weight excluding hydrogens is 344 g/mol. The highest BCUT2D eigenvalue weighted by Gasteiger charge is 2.20. The van der Waals surface area contributed by atoms with Gasteiger partial charge in [-0.25, -0.2) is 9.78 Å². The molecule has 3 rings (SSSR count). The van der Waals surface area contributed by atoms with E-state index in [0.717, 1.165) is 5.56 Å². The molecule has 0 spiro atoms. The number of non-ortho nitro benzene ring substituents is 1. The molecule has 2 aromatic carbocycles. The first-order valence-electron chi connectivity index (χ1n) is 7.52. The van der Waals surface area contributed by atoms with Gasteiger partial charge in [-0.1, -0.05) is 35.9 Å². The van der Waals surface area contributed by atoms with Crippen molar-refractivity contribution in [3.8, 4) is 11.1 Å². The Balaban J connectivity index is 2.33. The van der Waals surface area contributed by atoms with Crippen LogP contribution in [0.2, 0.25) is 5.02 Å². The molecule has 126 valence electrons. The van der Waals surface area contributed by atoms with Gasteiger partial charge in [0.25, 0.3) is 5.69 Å². The first kappa shape index (κ1) is 16.9. The summed E-state index contributed by atoms with van der Waals surface area (Å²) >= 11 is 5.93. The fourth-order valence-electron chi connectivity index (χ4n) is 2.56. The number of nitrogens with zero attached hydrogens (tertiary/aromatic N) is 2. The number of carbonyl (C=O) groups is 1. The molecule has 0 aliphatic carbocycles. The summed E-state index contributed by atoms with van der Waals surface area (Å²) < 4.78 is 4.99. The van der Waals surface area contributed by atoms with Gasteiger partial charge >= 0.3 is 5.97 Å². The second-order valence-corrected chi connectivity index (χ2v) is 5.65. The highest BCUT2D eigenvalue weighted by atomic mass is 35.5. The van der Waals surface area contributed by atoms with Crippen molar-refractivity contribution in [2.45, 2.75) is 6.92 Å². The molecule has 1 aromatic heterocycles. The number of rotatable bonds is 4. The zero-order valence-electron chi connectivity index (χ0n) is 13.2. The lowest BCUT2D eigenvalue weighted by Gasteiger charge is -2.10. The van der Waals surface area contributed by atoms with E-state index < -0.39 is 10.9 Å². The molecule has 0 amide bonds. The number of carbonyl (C=O) groups excluding carboxylic acids is 1. The smallest absolute Gasteiger partial charge is 0.356 e. The van der Waals surface area contributed by atoms with E-state index >= 15 is 0 Å². The Morgan fingerprint density at radius 3 is 2.60 bits per heavy atom. The molecule has 0 unspecified atom stereocenters. The van der Waals surface area contributed by atoms with Crippen LogP contribution in [0.15, 0.2) is 48.5 Å². The lowest BCUT2D eigenvalue weighted by atomic mass is 9.99. The van der Waals surface area contributed by atoms with Crippen LogP contribution in [0.4, 0.5) is 5.69 Å². The van der Waals surface area contributed by atoms with E-state index in [1.54, 1.807) is 49.4 Å². The van der Waals surface area contributed by atoms with Crippen LogP contribution in [0, 0.1) is 10.1 Å². The summed E-state index contributed by atoms with van der Waals surface area (Å²) in [4.78, 5) is 27.1. The predicted octanol–water partition coefficient (Wildman–Crippen LogP) is 4.64. The van der Waals surface area contributed by atoms with Crippen LogP contribution in [-0.4, -0.2) is 22.5 Å². The van der Waals surface area contributed by atoms with Crippen LogP contribution in [0.1, 0.15) is 17.4 Å². The molecule has 0 N–H and O–H groups in total. The molecule has 7 heteroatoms. The minimum absolute atomic E-state index is 0.0219. The summed E-state index contributed by atoms with van der Waals surface area (Å²) in [5.41, 5.74) is 1.41. The number of fused-ring (bicyclic) bond motifs is 1. The van der Waals surface area contributed by atoms with E-state index in [4.69, 9.17) is 16.3 Å². The highest BCUT2D eigenvalue weighted by molar-refractivity contribution is 6.30. The molecular formula is C18H13ClN2O4. The Hall–Kier alpha value is -2.99. The molecule has 1 heterocycles. The maximum absolute atomic E-state index is 12.1. The first-order chi connectivity index (χ1) is 12.0. The fourth-order valence-corrected chi connectivity index (χ4v) is 2.68. The standard InChI is InChI=1S/C18H13ClN2O4/c1-2-25-18(22)15-10-14(11-6-8-12(19)9-7-11)13-4-3-5-16(21(23)24)17(13)20-15/h3-10H,2H2,1H3. The first-order valence-corrected chi connectivity index (χ1v) is 7.90. The van der Waals surface area contributed by atoms with Gasteiger partial charge in [0.2, 0.25) is 0 Å². The second-order valence-electron chi connectivity index (χ2n) is 5.21. The van der Waals surface area contributed by atoms with Gasteiger partial charge in [0.15, 0.2) is 0 Å². The Morgan fingerprint density at radius 2 is 1.96 bits per heavy atom. The van der Waals surface area contributed by atoms with Crippen LogP contribution < -0.4 is 0 Å². The van der Waals surface area contributed by atoms with Gasteiger partial charge in [-0.3, -0.25) is 10.1 Å². The van der Waals surface area contributed by atoms with Gasteiger partial charge in [-0.05, 0) is 36.2 Å². The average Bonchev–Trinajstić information content (AvgIpc) is 2.61. The lowest BCUT2D eigenvalue weighted by molar-refractivity contribution is -0.383. The summed E-state index contributed by atoms with van der Waals surface area (Å²) in [5.74, 6) is -0.627. The van der Waals surface area contributed by atoms with Crippen molar-refractivity contribution in [1.29, 1.82) is 0 Å². The third kappa shape index (κ3) is 3.29. The zero-order chi connectivity index (χ0) is 18.0. The number of benzene rings is 2. The molecule has 3 aromatic rings. The number of nitro groups is 1. The topological polar surface area (TPSA) is 82.3 Å². The van der Waals surface area contributed by atoms with Crippen LogP contribution in [-0.2, 0) is 4.74 Å². The Labute approximate surface area is 148 Å². The van der Waals surface area contributed by atoms with Crippen molar-refractivity contribution in [3.05, 3.63) is 69.4 Å². The van der Waals surface area contributed by atoms with Crippen LogP contribution in [0.25, 0.3) is 22.0 Å². The van der Waals surface area contributed by atoms with Crippen molar-refractivity contribution in [1.82, 2.24) is 4.98 Å². The molecule has 0 aliphatic heterocycles. The van der Waals surface area contributed by atoms with E-state index in [1.807, 2.05) is 0 Å². The second kappa shape index (κ2) is 6.86. The zero-order valence-corrected chi connectivity index (χ0v) is 14.0. The minimum Gasteiger partial charge on any atom is -0.461 e. The number of esters is 1. The Kier molecular flexibility index (Phi) is 4.63. The molecule has 0 bridgehead atoms. The number of hydrogen-bond acceptors (Lipinski definition) is 5. The average molecular weight is 357 g/mol. The van der Waals surface area contributed by atoms with E-state index in [-0.39, 0.29) is 23.5 Å². The summed E-state index contributed by atoms with van der Waals surface area (Å²) in [6.07, 6.45) is 0.